The Kier molecular flexibility index (Phi) is 8.25. The van der Waals surface area contributed by atoms with Crippen LogP contribution in [0.4, 0.5) is 5.69 Å². The Balaban J connectivity index is 1.51. The molecule has 3 amide bonds. The van der Waals surface area contributed by atoms with E-state index in [2.05, 4.69) is 21.2 Å². The fourth-order valence-electron chi connectivity index (χ4n) is 3.31. The van der Waals surface area contributed by atoms with Crippen LogP contribution >= 0.6 is 34.5 Å². The summed E-state index contributed by atoms with van der Waals surface area (Å²) in [6.07, 6.45) is 2.51. The lowest BCUT2D eigenvalue weighted by Gasteiger charge is -2.34. The van der Waals surface area contributed by atoms with E-state index in [1.165, 1.54) is 11.3 Å². The van der Waals surface area contributed by atoms with Crippen LogP contribution < -0.4 is 16.2 Å². The number of carbonyl (C=O) groups is 3. The molecule has 1 aliphatic heterocycles. The molecule has 1 fully saturated rings. The van der Waals surface area contributed by atoms with Gasteiger partial charge in [-0.15, -0.1) is 11.3 Å². The number of amides is 3. The van der Waals surface area contributed by atoms with Crippen molar-refractivity contribution in [2.24, 2.45) is 0 Å². The molecule has 0 spiro atoms. The third-order valence-electron chi connectivity index (χ3n) is 4.77. The quantitative estimate of drug-likeness (QED) is 0.548. The number of carbonyl (C=O) groups excluding carboxylic acids is 3. The zero-order valence-corrected chi connectivity index (χ0v) is 19.2. The summed E-state index contributed by atoms with van der Waals surface area (Å²) < 4.78 is 0. The van der Waals surface area contributed by atoms with Crippen molar-refractivity contribution < 1.29 is 14.4 Å². The van der Waals surface area contributed by atoms with Gasteiger partial charge in [0.15, 0.2) is 0 Å². The Bertz CT molecular complexity index is 968. The Labute approximate surface area is 194 Å². The van der Waals surface area contributed by atoms with Gasteiger partial charge in [-0.1, -0.05) is 29.6 Å². The first-order valence-corrected chi connectivity index (χ1v) is 11.4. The lowest BCUT2D eigenvalue weighted by atomic mass is 10.0. The summed E-state index contributed by atoms with van der Waals surface area (Å²) in [7, 11) is 0. The molecule has 11 heteroatoms. The molecule has 0 saturated carbocycles. The normalized spacial score (nSPS) is 16.5. The third kappa shape index (κ3) is 6.90. The van der Waals surface area contributed by atoms with Gasteiger partial charge in [0.05, 0.1) is 29.1 Å². The van der Waals surface area contributed by atoms with Crippen LogP contribution in [0.25, 0.3) is 0 Å². The highest BCUT2D eigenvalue weighted by atomic mass is 35.5. The molecule has 2 aromatic rings. The van der Waals surface area contributed by atoms with Gasteiger partial charge in [-0.3, -0.25) is 30.1 Å². The Morgan fingerprint density at radius 1 is 1.16 bits per heavy atom. The van der Waals surface area contributed by atoms with Gasteiger partial charge < -0.3 is 5.32 Å². The molecule has 3 rings (SSSR count). The van der Waals surface area contributed by atoms with E-state index >= 15 is 0 Å². The molecular weight excluding hydrogens is 461 g/mol. The molecule has 1 atom stereocenters. The van der Waals surface area contributed by atoms with Gasteiger partial charge in [0.25, 0.3) is 5.91 Å². The number of benzene rings is 1. The summed E-state index contributed by atoms with van der Waals surface area (Å²) in [4.78, 5) is 43.1. The van der Waals surface area contributed by atoms with Crippen molar-refractivity contribution in [3.8, 4) is 0 Å². The van der Waals surface area contributed by atoms with Crippen molar-refractivity contribution in [3.63, 3.8) is 0 Å². The van der Waals surface area contributed by atoms with Gasteiger partial charge in [-0.25, -0.2) is 4.98 Å². The van der Waals surface area contributed by atoms with Crippen molar-refractivity contribution in [3.05, 3.63) is 44.3 Å². The number of halogens is 2. The molecule has 31 heavy (non-hydrogen) atoms. The van der Waals surface area contributed by atoms with E-state index in [-0.39, 0.29) is 24.8 Å². The highest BCUT2D eigenvalue weighted by Gasteiger charge is 2.30. The number of hydrazine groups is 1. The molecule has 0 aliphatic carbocycles. The molecule has 1 unspecified atom stereocenters. The number of nitrogens with zero attached hydrogens (tertiary/aromatic N) is 2. The zero-order chi connectivity index (χ0) is 22.4. The molecule has 0 bridgehead atoms. The summed E-state index contributed by atoms with van der Waals surface area (Å²) in [5, 5.41) is 6.13. The summed E-state index contributed by atoms with van der Waals surface area (Å²) in [6.45, 7) is 2.46. The number of rotatable bonds is 6. The minimum atomic E-state index is -0.456. The number of likely N-dealkylation sites (tertiary alicyclic amines) is 1. The highest BCUT2D eigenvalue weighted by Crippen LogP contribution is 2.26. The van der Waals surface area contributed by atoms with Crippen molar-refractivity contribution in [1.29, 1.82) is 0 Å². The standard InChI is InChI=1S/C20H23Cl2N5O3S/c1-12-11-31-19(23-12)9-17(28)25-26-18(29)10-27-7-3-2-4-16(27)20(30)24-13-5-6-14(21)15(22)8-13/h5-6,8,11,16H,2-4,7,9-10H2,1H3,(H,24,30)(H,25,28)(H,26,29). The average molecular weight is 484 g/mol. The second-order valence-electron chi connectivity index (χ2n) is 7.26. The van der Waals surface area contributed by atoms with Crippen molar-refractivity contribution >= 4 is 57.9 Å². The minimum absolute atomic E-state index is 0.00387. The third-order valence-corrected chi connectivity index (χ3v) is 6.48. The molecule has 166 valence electrons. The fourth-order valence-corrected chi connectivity index (χ4v) is 4.37. The number of anilines is 1. The number of aromatic nitrogens is 1. The van der Waals surface area contributed by atoms with Crippen LogP contribution in [0.2, 0.25) is 10.0 Å². The maximum absolute atomic E-state index is 12.8. The molecule has 1 aliphatic rings. The van der Waals surface area contributed by atoms with Crippen LogP contribution in [0, 0.1) is 6.92 Å². The maximum Gasteiger partial charge on any atom is 0.252 e. The van der Waals surface area contributed by atoms with E-state index in [1.807, 2.05) is 17.2 Å². The lowest BCUT2D eigenvalue weighted by molar-refractivity contribution is -0.131. The number of hydrogen-bond acceptors (Lipinski definition) is 6. The number of hydrogen-bond donors (Lipinski definition) is 3. The summed E-state index contributed by atoms with van der Waals surface area (Å²) in [5.41, 5.74) is 6.21. The first-order valence-electron chi connectivity index (χ1n) is 9.80. The monoisotopic (exact) mass is 483 g/mol. The van der Waals surface area contributed by atoms with Gasteiger partial charge in [-0.2, -0.15) is 0 Å². The summed E-state index contributed by atoms with van der Waals surface area (Å²) >= 11 is 13.3. The first-order chi connectivity index (χ1) is 14.8. The molecule has 1 saturated heterocycles. The van der Waals surface area contributed by atoms with Gasteiger partial charge in [-0.05, 0) is 44.5 Å². The Morgan fingerprint density at radius 2 is 1.94 bits per heavy atom. The second kappa shape index (κ2) is 10.9. The van der Waals surface area contributed by atoms with Crippen molar-refractivity contribution in [2.75, 3.05) is 18.4 Å². The van der Waals surface area contributed by atoms with E-state index in [4.69, 9.17) is 23.2 Å². The number of nitrogens with one attached hydrogen (secondary N) is 3. The van der Waals surface area contributed by atoms with Crippen molar-refractivity contribution in [1.82, 2.24) is 20.7 Å². The fraction of sp³-hybridized carbons (Fsp3) is 0.400. The largest absolute Gasteiger partial charge is 0.325 e. The highest BCUT2D eigenvalue weighted by molar-refractivity contribution is 7.09. The number of piperidine rings is 1. The maximum atomic E-state index is 12.8. The van der Waals surface area contributed by atoms with E-state index < -0.39 is 11.9 Å². The zero-order valence-electron chi connectivity index (χ0n) is 16.9. The SMILES string of the molecule is Cc1csc(CC(=O)NNC(=O)CN2CCCCC2C(=O)Nc2ccc(Cl)c(Cl)c2)n1. The topological polar surface area (TPSA) is 103 Å². The Morgan fingerprint density at radius 3 is 2.65 bits per heavy atom. The van der Waals surface area contributed by atoms with Gasteiger partial charge in [0.2, 0.25) is 11.8 Å². The molecule has 1 aromatic carbocycles. The molecular formula is C20H23Cl2N5O3S. The predicted octanol–water partition coefficient (Wildman–Crippen LogP) is 2.94. The minimum Gasteiger partial charge on any atom is -0.325 e. The van der Waals surface area contributed by atoms with E-state index in [0.717, 1.165) is 18.5 Å². The molecule has 0 radical (unpaired) electrons. The number of aryl methyl sites for hydroxylation is 1. The molecule has 2 heterocycles. The van der Waals surface area contributed by atoms with E-state index in [1.54, 1.807) is 18.2 Å². The van der Waals surface area contributed by atoms with Crippen LogP contribution in [0.15, 0.2) is 23.6 Å². The first kappa shape index (κ1) is 23.5. The smallest absolute Gasteiger partial charge is 0.252 e. The van der Waals surface area contributed by atoms with Crippen LogP contribution in [0.1, 0.15) is 30.0 Å². The van der Waals surface area contributed by atoms with Gasteiger partial charge >= 0.3 is 0 Å². The summed E-state index contributed by atoms with van der Waals surface area (Å²) in [5.74, 6) is -0.956. The molecule has 8 nitrogen and oxygen atoms in total. The van der Waals surface area contributed by atoms with E-state index in [9.17, 15) is 14.4 Å². The lowest BCUT2D eigenvalue weighted by Crippen LogP contribution is -2.53. The second-order valence-corrected chi connectivity index (χ2v) is 9.01. The molecule has 3 N–H and O–H groups in total. The van der Waals surface area contributed by atoms with E-state index in [0.29, 0.717) is 33.7 Å². The number of thiazole rings is 1. The van der Waals surface area contributed by atoms with Gasteiger partial charge in [0.1, 0.15) is 5.01 Å². The Hall–Kier alpha value is -2.20. The van der Waals surface area contributed by atoms with Crippen LogP contribution in [-0.2, 0) is 20.8 Å². The van der Waals surface area contributed by atoms with Gasteiger partial charge in [0, 0.05) is 16.8 Å². The molecule has 1 aromatic heterocycles. The predicted molar refractivity (Wildman–Crippen MR) is 121 cm³/mol. The van der Waals surface area contributed by atoms with Crippen LogP contribution in [0.3, 0.4) is 0 Å². The van der Waals surface area contributed by atoms with Crippen LogP contribution in [-0.4, -0.2) is 46.7 Å². The summed E-state index contributed by atoms with van der Waals surface area (Å²) in [6, 6.07) is 4.41. The van der Waals surface area contributed by atoms with Crippen molar-refractivity contribution in [2.45, 2.75) is 38.6 Å². The average Bonchev–Trinajstić information content (AvgIpc) is 3.14. The van der Waals surface area contributed by atoms with Crippen LogP contribution in [0.5, 0.6) is 0 Å².